The number of nitrogens with zero attached hydrogens (tertiary/aromatic N) is 4. The number of benzene rings is 2. The molecule has 152 valence electrons. The molecular formula is C22H20N4O2S2. The third-order valence-electron chi connectivity index (χ3n) is 4.56. The second-order valence-electron chi connectivity index (χ2n) is 6.77. The van der Waals surface area contributed by atoms with Crippen molar-refractivity contribution in [2.75, 3.05) is 4.90 Å². The fourth-order valence-corrected chi connectivity index (χ4v) is 4.51. The van der Waals surface area contributed by atoms with Gasteiger partial charge in [-0.1, -0.05) is 36.0 Å². The van der Waals surface area contributed by atoms with E-state index in [0.717, 1.165) is 16.9 Å². The van der Waals surface area contributed by atoms with E-state index < -0.39 is 0 Å². The fraction of sp³-hybridized carbons (Fsp3) is 0.182. The predicted octanol–water partition coefficient (Wildman–Crippen LogP) is 5.79. The highest BCUT2D eigenvalue weighted by Crippen LogP contribution is 2.31. The van der Waals surface area contributed by atoms with Crippen LogP contribution in [0.15, 0.2) is 63.6 Å². The normalized spacial score (nSPS) is 10.9. The van der Waals surface area contributed by atoms with Gasteiger partial charge in [0.25, 0.3) is 5.22 Å². The van der Waals surface area contributed by atoms with Gasteiger partial charge >= 0.3 is 0 Å². The number of aryl methyl sites for hydroxylation is 2. The Kier molecular flexibility index (Phi) is 5.96. The van der Waals surface area contributed by atoms with E-state index in [1.807, 2.05) is 53.9 Å². The maximum absolute atomic E-state index is 12.2. The summed E-state index contributed by atoms with van der Waals surface area (Å²) in [5.74, 6) is 1.00. The molecule has 1 amide bonds. The quantitative estimate of drug-likeness (QED) is 0.356. The molecule has 0 saturated carbocycles. The molecule has 0 N–H and O–H groups in total. The first-order valence-corrected chi connectivity index (χ1v) is 11.2. The molecule has 2 aromatic carbocycles. The van der Waals surface area contributed by atoms with Crippen LogP contribution in [-0.2, 0) is 10.5 Å². The number of thioether (sulfide) groups is 1. The van der Waals surface area contributed by atoms with Gasteiger partial charge in [-0.3, -0.25) is 9.69 Å². The van der Waals surface area contributed by atoms with Crippen LogP contribution in [-0.4, -0.2) is 21.1 Å². The Bertz CT molecular complexity index is 1170. The molecule has 2 aromatic heterocycles. The lowest BCUT2D eigenvalue weighted by molar-refractivity contribution is -0.115. The number of para-hydroxylation sites is 1. The van der Waals surface area contributed by atoms with Crippen LogP contribution in [0.25, 0.3) is 11.5 Å². The molecule has 8 heteroatoms. The molecule has 0 fully saturated rings. The lowest BCUT2D eigenvalue weighted by Gasteiger charge is -2.17. The van der Waals surface area contributed by atoms with Crippen molar-refractivity contribution in [2.24, 2.45) is 0 Å². The van der Waals surface area contributed by atoms with Crippen molar-refractivity contribution < 1.29 is 9.21 Å². The van der Waals surface area contributed by atoms with E-state index in [1.54, 1.807) is 4.90 Å². The SMILES string of the molecule is CC(=O)N(c1ccccc1)c1nc(CSc2nnc(-c3ccc(C)c(C)c3)o2)cs1. The van der Waals surface area contributed by atoms with E-state index in [1.165, 1.54) is 41.1 Å². The monoisotopic (exact) mass is 436 g/mol. The first kappa shape index (κ1) is 20.3. The maximum Gasteiger partial charge on any atom is 0.277 e. The smallest absolute Gasteiger partial charge is 0.277 e. The second-order valence-corrected chi connectivity index (χ2v) is 8.54. The number of hydrogen-bond acceptors (Lipinski definition) is 7. The van der Waals surface area contributed by atoms with Gasteiger partial charge in [0, 0.05) is 23.6 Å². The molecule has 0 atom stereocenters. The van der Waals surface area contributed by atoms with Crippen LogP contribution < -0.4 is 4.90 Å². The second kappa shape index (κ2) is 8.81. The number of carbonyl (C=O) groups excluding carboxylic acids is 1. The Morgan fingerprint density at radius 3 is 2.63 bits per heavy atom. The molecule has 0 spiro atoms. The Hall–Kier alpha value is -2.97. The van der Waals surface area contributed by atoms with Crippen LogP contribution in [0.1, 0.15) is 23.7 Å². The summed E-state index contributed by atoms with van der Waals surface area (Å²) in [7, 11) is 0. The molecule has 0 unspecified atom stereocenters. The van der Waals surface area contributed by atoms with Crippen molar-refractivity contribution in [3.8, 4) is 11.5 Å². The minimum Gasteiger partial charge on any atom is -0.411 e. The number of rotatable bonds is 6. The minimum atomic E-state index is -0.0790. The Morgan fingerprint density at radius 2 is 1.90 bits per heavy atom. The molecule has 0 aliphatic heterocycles. The van der Waals surface area contributed by atoms with Gasteiger partial charge < -0.3 is 4.42 Å². The third kappa shape index (κ3) is 4.44. The van der Waals surface area contributed by atoms with Crippen molar-refractivity contribution >= 4 is 39.8 Å². The molecule has 30 heavy (non-hydrogen) atoms. The summed E-state index contributed by atoms with van der Waals surface area (Å²) in [6.07, 6.45) is 0. The third-order valence-corrected chi connectivity index (χ3v) is 6.29. The van der Waals surface area contributed by atoms with Crippen molar-refractivity contribution in [1.29, 1.82) is 0 Å². The Labute approximate surface area is 183 Å². The van der Waals surface area contributed by atoms with Gasteiger partial charge in [-0.15, -0.1) is 21.5 Å². The molecule has 2 heterocycles. The molecular weight excluding hydrogens is 416 g/mol. The zero-order chi connectivity index (χ0) is 21.1. The minimum absolute atomic E-state index is 0.0790. The van der Waals surface area contributed by atoms with Crippen molar-refractivity contribution in [3.05, 3.63) is 70.7 Å². The van der Waals surface area contributed by atoms with E-state index in [0.29, 0.717) is 22.0 Å². The number of amides is 1. The van der Waals surface area contributed by atoms with E-state index in [2.05, 4.69) is 29.0 Å². The van der Waals surface area contributed by atoms with E-state index >= 15 is 0 Å². The van der Waals surface area contributed by atoms with E-state index in [4.69, 9.17) is 4.42 Å². The van der Waals surface area contributed by atoms with Crippen LogP contribution >= 0.6 is 23.1 Å². The molecule has 0 aliphatic carbocycles. The molecule has 0 bridgehead atoms. The van der Waals surface area contributed by atoms with Crippen molar-refractivity contribution in [3.63, 3.8) is 0 Å². The topological polar surface area (TPSA) is 72.1 Å². The zero-order valence-electron chi connectivity index (χ0n) is 16.8. The van der Waals surface area contributed by atoms with Crippen LogP contribution in [0.2, 0.25) is 0 Å². The summed E-state index contributed by atoms with van der Waals surface area (Å²) in [4.78, 5) is 18.4. The first-order chi connectivity index (χ1) is 14.5. The van der Waals surface area contributed by atoms with Gasteiger partial charge in [-0.2, -0.15) is 0 Å². The van der Waals surface area contributed by atoms with E-state index in [9.17, 15) is 4.79 Å². The maximum atomic E-state index is 12.2. The molecule has 0 radical (unpaired) electrons. The van der Waals surface area contributed by atoms with Gasteiger partial charge in [0.1, 0.15) is 0 Å². The van der Waals surface area contributed by atoms with Gasteiger partial charge in [-0.25, -0.2) is 4.98 Å². The fourth-order valence-electron chi connectivity index (χ4n) is 2.86. The molecule has 4 aromatic rings. The van der Waals surface area contributed by atoms with Gasteiger partial charge in [0.05, 0.1) is 11.4 Å². The summed E-state index contributed by atoms with van der Waals surface area (Å²) >= 11 is 2.86. The summed E-state index contributed by atoms with van der Waals surface area (Å²) in [6.45, 7) is 5.67. The van der Waals surface area contributed by atoms with Crippen LogP contribution in [0.3, 0.4) is 0 Å². The van der Waals surface area contributed by atoms with Crippen LogP contribution in [0, 0.1) is 13.8 Å². The molecule has 6 nitrogen and oxygen atoms in total. The summed E-state index contributed by atoms with van der Waals surface area (Å²) in [5.41, 5.74) is 4.97. The molecule has 0 aliphatic rings. The van der Waals surface area contributed by atoms with Gasteiger partial charge in [0.15, 0.2) is 5.13 Å². The lowest BCUT2D eigenvalue weighted by atomic mass is 10.1. The van der Waals surface area contributed by atoms with Crippen LogP contribution in [0.5, 0.6) is 0 Å². The van der Waals surface area contributed by atoms with Crippen molar-refractivity contribution in [1.82, 2.24) is 15.2 Å². The zero-order valence-corrected chi connectivity index (χ0v) is 18.5. The predicted molar refractivity (Wildman–Crippen MR) is 120 cm³/mol. The first-order valence-electron chi connectivity index (χ1n) is 9.35. The lowest BCUT2D eigenvalue weighted by Crippen LogP contribution is -2.22. The Balaban J connectivity index is 1.45. The standard InChI is InChI=1S/C22H20N4O2S2/c1-14-9-10-17(11-15(14)2)20-24-25-22(28-20)30-13-18-12-29-21(23-18)26(16(3)27)19-7-5-4-6-8-19/h4-12H,13H2,1-3H3. The highest BCUT2D eigenvalue weighted by atomic mass is 32.2. The molecule has 0 saturated heterocycles. The summed E-state index contributed by atoms with van der Waals surface area (Å²) in [6, 6.07) is 15.6. The highest BCUT2D eigenvalue weighted by Gasteiger charge is 2.18. The van der Waals surface area contributed by atoms with Gasteiger partial charge in [-0.05, 0) is 49.2 Å². The average molecular weight is 437 g/mol. The Morgan fingerprint density at radius 1 is 1.10 bits per heavy atom. The number of anilines is 2. The van der Waals surface area contributed by atoms with Crippen molar-refractivity contribution in [2.45, 2.75) is 31.7 Å². The van der Waals surface area contributed by atoms with E-state index in [-0.39, 0.29) is 5.91 Å². The number of hydrogen-bond donors (Lipinski definition) is 0. The highest BCUT2D eigenvalue weighted by molar-refractivity contribution is 7.98. The summed E-state index contributed by atoms with van der Waals surface area (Å²) in [5, 5.41) is 11.4. The molecule has 4 rings (SSSR count). The van der Waals surface area contributed by atoms with Gasteiger partial charge in [0.2, 0.25) is 11.8 Å². The number of carbonyl (C=O) groups is 1. The number of aromatic nitrogens is 3. The largest absolute Gasteiger partial charge is 0.411 e. The number of thiazole rings is 1. The average Bonchev–Trinajstić information content (AvgIpc) is 3.39. The van der Waals surface area contributed by atoms with Crippen LogP contribution in [0.4, 0.5) is 10.8 Å². The summed E-state index contributed by atoms with van der Waals surface area (Å²) < 4.78 is 5.80.